The van der Waals surface area contributed by atoms with Gasteiger partial charge in [-0.05, 0) is 40.0 Å². The Hall–Kier alpha value is -1.56. The molecule has 1 aromatic carbocycles. The number of fused-ring (bicyclic) bond motifs is 1. The molecule has 0 aliphatic heterocycles. The molecule has 1 aliphatic carbocycles. The van der Waals surface area contributed by atoms with E-state index in [4.69, 9.17) is 0 Å². The molecule has 0 bridgehead atoms. The highest BCUT2D eigenvalue weighted by molar-refractivity contribution is 5.84. The van der Waals surface area contributed by atoms with E-state index in [2.05, 4.69) is 77.6 Å². The minimum absolute atomic E-state index is 0.0674. The maximum absolute atomic E-state index is 4.06. The van der Waals surface area contributed by atoms with Crippen LogP contribution in [0, 0.1) is 5.41 Å². The van der Waals surface area contributed by atoms with Crippen LogP contribution in [-0.2, 0) is 5.41 Å². The Bertz CT molecular complexity index is 565. The number of benzene rings is 1. The second kappa shape index (κ2) is 4.52. The van der Waals surface area contributed by atoms with Gasteiger partial charge in [0.05, 0.1) is 0 Å². The first-order valence-electron chi connectivity index (χ1n) is 6.97. The van der Waals surface area contributed by atoms with Gasteiger partial charge >= 0.3 is 0 Å². The van der Waals surface area contributed by atoms with Gasteiger partial charge in [0, 0.05) is 0 Å². The van der Waals surface area contributed by atoms with E-state index < -0.39 is 0 Å². The summed E-state index contributed by atoms with van der Waals surface area (Å²) in [4.78, 5) is 0. The van der Waals surface area contributed by atoms with Crippen LogP contribution >= 0.6 is 0 Å². The van der Waals surface area contributed by atoms with E-state index >= 15 is 0 Å². The van der Waals surface area contributed by atoms with Crippen molar-refractivity contribution in [1.82, 2.24) is 0 Å². The minimum atomic E-state index is 0.0674. The second-order valence-electron chi connectivity index (χ2n) is 6.33. The Balaban J connectivity index is 2.89. The highest BCUT2D eigenvalue weighted by atomic mass is 14.5. The summed E-state index contributed by atoms with van der Waals surface area (Å²) in [5.41, 5.74) is 5.60. The van der Waals surface area contributed by atoms with Gasteiger partial charge in [-0.3, -0.25) is 0 Å². The van der Waals surface area contributed by atoms with E-state index in [0.29, 0.717) is 0 Å². The van der Waals surface area contributed by atoms with Crippen molar-refractivity contribution >= 4 is 5.57 Å². The first kappa shape index (κ1) is 13.9. The zero-order chi connectivity index (χ0) is 14.3. The third-order valence-corrected chi connectivity index (χ3v) is 4.95. The second-order valence-corrected chi connectivity index (χ2v) is 6.33. The average Bonchev–Trinajstić information content (AvgIpc) is 2.37. The zero-order valence-corrected chi connectivity index (χ0v) is 12.7. The van der Waals surface area contributed by atoms with Crippen molar-refractivity contribution in [1.29, 1.82) is 0 Å². The molecule has 0 heteroatoms. The van der Waals surface area contributed by atoms with Crippen LogP contribution in [0.4, 0.5) is 0 Å². The molecular formula is C19H24. The fourth-order valence-electron chi connectivity index (χ4n) is 3.13. The predicted molar refractivity (Wildman–Crippen MR) is 85.2 cm³/mol. The Morgan fingerprint density at radius 1 is 1.00 bits per heavy atom. The molecule has 19 heavy (non-hydrogen) atoms. The SMILES string of the molecule is C=CC1=C(/C=C\C)c2ccccc2C(C)(C)C1(C)C. The number of rotatable bonds is 2. The summed E-state index contributed by atoms with van der Waals surface area (Å²) in [6, 6.07) is 8.76. The van der Waals surface area contributed by atoms with Crippen molar-refractivity contribution in [3.63, 3.8) is 0 Å². The van der Waals surface area contributed by atoms with Crippen LogP contribution in [-0.4, -0.2) is 0 Å². The quantitative estimate of drug-likeness (QED) is 0.650. The summed E-state index contributed by atoms with van der Waals surface area (Å²) in [7, 11) is 0. The fraction of sp³-hybridized carbons (Fsp3) is 0.368. The molecule has 0 aromatic heterocycles. The molecule has 0 heterocycles. The topological polar surface area (TPSA) is 0 Å². The molecule has 2 rings (SSSR count). The number of allylic oxidation sites excluding steroid dienone is 5. The van der Waals surface area contributed by atoms with Gasteiger partial charge in [0.2, 0.25) is 0 Å². The lowest BCUT2D eigenvalue weighted by molar-refractivity contribution is 0.250. The summed E-state index contributed by atoms with van der Waals surface area (Å²) < 4.78 is 0. The highest BCUT2D eigenvalue weighted by Crippen LogP contribution is 2.54. The Labute approximate surface area is 117 Å². The van der Waals surface area contributed by atoms with Crippen molar-refractivity contribution < 1.29 is 0 Å². The van der Waals surface area contributed by atoms with Crippen molar-refractivity contribution in [2.75, 3.05) is 0 Å². The fourth-order valence-corrected chi connectivity index (χ4v) is 3.13. The molecule has 1 aliphatic rings. The van der Waals surface area contributed by atoms with Crippen molar-refractivity contribution in [3.8, 4) is 0 Å². The van der Waals surface area contributed by atoms with E-state index in [0.717, 1.165) is 0 Å². The molecule has 1 aromatic rings. The van der Waals surface area contributed by atoms with Gasteiger partial charge in [0.25, 0.3) is 0 Å². The summed E-state index contributed by atoms with van der Waals surface area (Å²) in [5.74, 6) is 0. The van der Waals surface area contributed by atoms with Crippen LogP contribution in [0.15, 0.2) is 54.6 Å². The maximum atomic E-state index is 4.06. The van der Waals surface area contributed by atoms with Crippen LogP contribution in [0.3, 0.4) is 0 Å². The largest absolute Gasteiger partial charge is 0.0987 e. The molecule has 0 saturated carbocycles. The molecule has 0 spiro atoms. The standard InChI is InChI=1S/C19H24/c1-7-11-14-15-12-9-10-13-17(15)19(5,6)18(3,4)16(14)8-2/h7-13H,2H2,1,3-6H3/b11-7-. The minimum Gasteiger partial charge on any atom is -0.0987 e. The summed E-state index contributed by atoms with van der Waals surface area (Å²) >= 11 is 0. The molecule has 0 radical (unpaired) electrons. The molecule has 100 valence electrons. The Kier molecular flexibility index (Phi) is 3.30. The third-order valence-electron chi connectivity index (χ3n) is 4.95. The van der Waals surface area contributed by atoms with Gasteiger partial charge < -0.3 is 0 Å². The van der Waals surface area contributed by atoms with Gasteiger partial charge in [0.1, 0.15) is 0 Å². The van der Waals surface area contributed by atoms with Crippen LogP contribution in [0.1, 0.15) is 45.7 Å². The third kappa shape index (κ3) is 1.82. The lowest BCUT2D eigenvalue weighted by Crippen LogP contribution is -2.41. The Morgan fingerprint density at radius 2 is 1.63 bits per heavy atom. The lowest BCUT2D eigenvalue weighted by Gasteiger charge is -2.48. The highest BCUT2D eigenvalue weighted by Gasteiger charge is 2.45. The van der Waals surface area contributed by atoms with Gasteiger partial charge in [-0.1, -0.05) is 76.8 Å². The molecule has 0 N–H and O–H groups in total. The van der Waals surface area contributed by atoms with E-state index in [1.54, 1.807) is 0 Å². The van der Waals surface area contributed by atoms with Gasteiger partial charge in [-0.2, -0.15) is 0 Å². The summed E-state index contributed by atoms with van der Waals surface area (Å²) in [6.45, 7) is 15.4. The lowest BCUT2D eigenvalue weighted by atomic mass is 9.55. The van der Waals surface area contributed by atoms with Crippen LogP contribution < -0.4 is 0 Å². The molecule has 0 atom stereocenters. The van der Waals surface area contributed by atoms with Crippen LogP contribution in [0.25, 0.3) is 5.57 Å². The molecule has 0 amide bonds. The molecule has 0 unspecified atom stereocenters. The zero-order valence-electron chi connectivity index (χ0n) is 12.7. The van der Waals surface area contributed by atoms with Crippen LogP contribution in [0.5, 0.6) is 0 Å². The molecular weight excluding hydrogens is 228 g/mol. The molecule has 0 saturated heterocycles. The first-order valence-corrected chi connectivity index (χ1v) is 6.97. The van der Waals surface area contributed by atoms with Crippen molar-refractivity contribution in [2.45, 2.75) is 40.0 Å². The maximum Gasteiger partial charge on any atom is -0.000569 e. The molecule has 0 nitrogen and oxygen atoms in total. The van der Waals surface area contributed by atoms with E-state index in [-0.39, 0.29) is 10.8 Å². The van der Waals surface area contributed by atoms with Crippen molar-refractivity contribution in [3.05, 3.63) is 65.8 Å². The van der Waals surface area contributed by atoms with E-state index in [1.165, 1.54) is 22.3 Å². The van der Waals surface area contributed by atoms with Gasteiger partial charge in [-0.25, -0.2) is 0 Å². The average molecular weight is 252 g/mol. The van der Waals surface area contributed by atoms with Crippen molar-refractivity contribution in [2.24, 2.45) is 5.41 Å². The monoisotopic (exact) mass is 252 g/mol. The van der Waals surface area contributed by atoms with Gasteiger partial charge in [0.15, 0.2) is 0 Å². The van der Waals surface area contributed by atoms with E-state index in [1.807, 2.05) is 6.08 Å². The van der Waals surface area contributed by atoms with E-state index in [9.17, 15) is 0 Å². The predicted octanol–water partition coefficient (Wildman–Crippen LogP) is 5.52. The Morgan fingerprint density at radius 3 is 2.21 bits per heavy atom. The normalized spacial score (nSPS) is 20.5. The summed E-state index contributed by atoms with van der Waals surface area (Å²) in [6.07, 6.45) is 6.36. The summed E-state index contributed by atoms with van der Waals surface area (Å²) in [5, 5.41) is 0. The molecule has 0 fully saturated rings. The smallest absolute Gasteiger partial charge is 0.000569 e. The number of hydrogen-bond donors (Lipinski definition) is 0. The van der Waals surface area contributed by atoms with Gasteiger partial charge in [-0.15, -0.1) is 0 Å². The van der Waals surface area contributed by atoms with Crippen LogP contribution in [0.2, 0.25) is 0 Å². The first-order chi connectivity index (χ1) is 8.87. The number of hydrogen-bond acceptors (Lipinski definition) is 0.